The minimum Gasteiger partial charge on any atom is -0.333 e. The Morgan fingerprint density at radius 2 is 1.71 bits per heavy atom. The molecule has 4 rings (SSSR count). The van der Waals surface area contributed by atoms with E-state index in [0.29, 0.717) is 18.5 Å². The molecule has 1 aromatic rings. The Morgan fingerprint density at radius 1 is 1.09 bits per heavy atom. The van der Waals surface area contributed by atoms with Gasteiger partial charge in [-0.15, -0.1) is 0 Å². The second-order valence-electron chi connectivity index (χ2n) is 10.6. The lowest BCUT2D eigenvalue weighted by atomic mass is 9.92. The maximum Gasteiger partial charge on any atom is 0.343 e. The van der Waals surface area contributed by atoms with Gasteiger partial charge in [-0.25, -0.2) is 14.0 Å². The van der Waals surface area contributed by atoms with E-state index in [1.807, 2.05) is 13.8 Å². The summed E-state index contributed by atoms with van der Waals surface area (Å²) in [5, 5.41) is 14.9. The van der Waals surface area contributed by atoms with Gasteiger partial charge in [0.25, 0.3) is 0 Å². The summed E-state index contributed by atoms with van der Waals surface area (Å²) < 4.78 is 14.2. The molecular weight excluding hydrogens is 435 g/mol. The van der Waals surface area contributed by atoms with Gasteiger partial charge in [-0.2, -0.15) is 5.06 Å². The van der Waals surface area contributed by atoms with Crippen LogP contribution >= 0.6 is 0 Å². The zero-order valence-electron chi connectivity index (χ0n) is 20.5. The number of nitrogens with zero attached hydrogens (tertiary/aromatic N) is 3. The molecular formula is C26H39FN4O3. The summed E-state index contributed by atoms with van der Waals surface area (Å²) in [6.07, 6.45) is 9.59. The monoisotopic (exact) mass is 474 g/mol. The number of hydroxylamine groups is 2. The Morgan fingerprint density at radius 3 is 2.35 bits per heavy atom. The minimum absolute atomic E-state index is 0.0267. The van der Waals surface area contributed by atoms with Crippen LogP contribution in [0.1, 0.15) is 83.6 Å². The molecule has 8 heteroatoms. The highest BCUT2D eigenvalue weighted by Gasteiger charge is 2.57. The third kappa shape index (κ3) is 5.02. The van der Waals surface area contributed by atoms with Crippen LogP contribution in [0.2, 0.25) is 0 Å². The topological polar surface area (TPSA) is 76.1 Å². The summed E-state index contributed by atoms with van der Waals surface area (Å²) in [4.78, 5) is 30.3. The number of amides is 4. The molecule has 4 amide bonds. The fraction of sp³-hybridized carbons (Fsp3) is 0.692. The van der Waals surface area contributed by atoms with Crippen molar-refractivity contribution in [2.45, 2.75) is 108 Å². The maximum atomic E-state index is 14.2. The SMILES string of the molecule is CC1(C)[C@H](N(O)C(=O)NC2CCCCC2)N(C2CCCCC2)C(=O)N1CCc1ccccc1F. The molecule has 2 saturated carbocycles. The Hall–Kier alpha value is -2.35. The van der Waals surface area contributed by atoms with Gasteiger partial charge in [0.2, 0.25) is 0 Å². The van der Waals surface area contributed by atoms with Crippen molar-refractivity contribution in [1.82, 2.24) is 20.2 Å². The Bertz CT molecular complexity index is 867. The molecule has 2 N–H and O–H groups in total. The first-order valence-corrected chi connectivity index (χ1v) is 12.9. The summed E-state index contributed by atoms with van der Waals surface area (Å²) in [6, 6.07) is 5.88. The van der Waals surface area contributed by atoms with E-state index in [4.69, 9.17) is 0 Å². The molecule has 1 aromatic carbocycles. The highest BCUT2D eigenvalue weighted by Crippen LogP contribution is 2.39. The first-order valence-electron chi connectivity index (χ1n) is 12.9. The average molecular weight is 475 g/mol. The molecule has 0 spiro atoms. The molecule has 3 aliphatic rings. The number of halogens is 1. The molecule has 1 aliphatic heterocycles. The van der Waals surface area contributed by atoms with Crippen molar-refractivity contribution in [2.75, 3.05) is 6.54 Å². The Balaban J connectivity index is 1.56. The quantitative estimate of drug-likeness (QED) is 0.435. The molecule has 7 nitrogen and oxygen atoms in total. The summed E-state index contributed by atoms with van der Waals surface area (Å²) in [7, 11) is 0. The van der Waals surface area contributed by atoms with Crippen LogP contribution in [0.3, 0.4) is 0 Å². The van der Waals surface area contributed by atoms with Gasteiger partial charge >= 0.3 is 12.1 Å². The number of benzene rings is 1. The predicted molar refractivity (Wildman–Crippen MR) is 128 cm³/mol. The molecule has 0 unspecified atom stereocenters. The van der Waals surface area contributed by atoms with Crippen molar-refractivity contribution < 1.29 is 19.2 Å². The van der Waals surface area contributed by atoms with Gasteiger partial charge in [-0.05, 0) is 57.6 Å². The minimum atomic E-state index is -0.849. The lowest BCUT2D eigenvalue weighted by Gasteiger charge is -2.41. The van der Waals surface area contributed by atoms with Crippen molar-refractivity contribution in [1.29, 1.82) is 0 Å². The third-order valence-electron chi connectivity index (χ3n) is 7.95. The van der Waals surface area contributed by atoms with Crippen LogP contribution in [-0.2, 0) is 6.42 Å². The molecule has 0 radical (unpaired) electrons. The van der Waals surface area contributed by atoms with E-state index < -0.39 is 17.7 Å². The summed E-state index contributed by atoms with van der Waals surface area (Å²) >= 11 is 0. The molecule has 1 heterocycles. The van der Waals surface area contributed by atoms with Gasteiger partial charge in [-0.1, -0.05) is 56.7 Å². The molecule has 1 saturated heterocycles. The number of urea groups is 2. The van der Waals surface area contributed by atoms with E-state index in [1.54, 1.807) is 28.0 Å². The Labute approximate surface area is 202 Å². The number of nitrogens with one attached hydrogen (secondary N) is 1. The van der Waals surface area contributed by atoms with Gasteiger partial charge in [-0.3, -0.25) is 10.1 Å². The average Bonchev–Trinajstić information content (AvgIpc) is 3.04. The smallest absolute Gasteiger partial charge is 0.333 e. The molecule has 0 bridgehead atoms. The van der Waals surface area contributed by atoms with Crippen LogP contribution in [0.4, 0.5) is 14.0 Å². The lowest BCUT2D eigenvalue weighted by molar-refractivity contribution is -0.141. The van der Waals surface area contributed by atoms with Gasteiger partial charge < -0.3 is 10.2 Å². The molecule has 1 atom stereocenters. The standard InChI is InChI=1S/C26H39FN4O3/c1-26(2)23(31(34)24(32)28-20-12-5-3-6-13-20)30(21-14-7-4-8-15-21)25(33)29(26)18-17-19-11-9-10-16-22(19)27/h9-11,16,20-21,23,34H,3-8,12-15,17-18H2,1-2H3,(H,28,32)/t23-/m0/s1. The van der Waals surface area contributed by atoms with Crippen molar-refractivity contribution >= 4 is 12.1 Å². The van der Waals surface area contributed by atoms with Crippen LogP contribution in [0.25, 0.3) is 0 Å². The van der Waals surface area contributed by atoms with E-state index in [1.165, 1.54) is 12.5 Å². The van der Waals surface area contributed by atoms with Crippen LogP contribution in [0.5, 0.6) is 0 Å². The van der Waals surface area contributed by atoms with E-state index in [2.05, 4.69) is 5.32 Å². The first kappa shape index (κ1) is 24.8. The molecule has 3 fully saturated rings. The third-order valence-corrected chi connectivity index (χ3v) is 7.95. The Kier molecular flexibility index (Phi) is 7.65. The van der Waals surface area contributed by atoms with Crippen LogP contribution in [0.15, 0.2) is 24.3 Å². The van der Waals surface area contributed by atoms with Crippen LogP contribution < -0.4 is 5.32 Å². The molecule has 2 aliphatic carbocycles. The van der Waals surface area contributed by atoms with E-state index in [9.17, 15) is 19.2 Å². The summed E-state index contributed by atoms with van der Waals surface area (Å²) in [6.45, 7) is 4.08. The zero-order valence-corrected chi connectivity index (χ0v) is 20.5. The largest absolute Gasteiger partial charge is 0.343 e. The van der Waals surface area contributed by atoms with Gasteiger partial charge in [0.05, 0.1) is 5.54 Å². The van der Waals surface area contributed by atoms with E-state index in [-0.39, 0.29) is 23.9 Å². The molecule has 188 valence electrons. The number of hydrogen-bond donors (Lipinski definition) is 2. The van der Waals surface area contributed by atoms with Gasteiger partial charge in [0.1, 0.15) is 5.82 Å². The second-order valence-corrected chi connectivity index (χ2v) is 10.6. The highest BCUT2D eigenvalue weighted by molar-refractivity contribution is 5.81. The number of carbonyl (C=O) groups excluding carboxylic acids is 2. The van der Waals surface area contributed by atoms with Gasteiger partial charge in [0, 0.05) is 18.6 Å². The fourth-order valence-corrected chi connectivity index (χ4v) is 6.02. The van der Waals surface area contributed by atoms with E-state index >= 15 is 0 Å². The molecule has 0 aromatic heterocycles. The van der Waals surface area contributed by atoms with Crippen LogP contribution in [-0.4, -0.2) is 62.5 Å². The second kappa shape index (κ2) is 10.5. The zero-order chi connectivity index (χ0) is 24.3. The van der Waals surface area contributed by atoms with Crippen molar-refractivity contribution in [3.8, 4) is 0 Å². The lowest BCUT2D eigenvalue weighted by Crippen LogP contribution is -2.61. The van der Waals surface area contributed by atoms with E-state index in [0.717, 1.165) is 62.9 Å². The van der Waals surface area contributed by atoms with Crippen molar-refractivity contribution in [3.63, 3.8) is 0 Å². The fourth-order valence-electron chi connectivity index (χ4n) is 6.02. The summed E-state index contributed by atoms with van der Waals surface area (Å²) in [5.41, 5.74) is -0.298. The predicted octanol–water partition coefficient (Wildman–Crippen LogP) is 5.28. The van der Waals surface area contributed by atoms with Gasteiger partial charge in [0.15, 0.2) is 6.17 Å². The van der Waals surface area contributed by atoms with Crippen molar-refractivity contribution in [3.05, 3.63) is 35.6 Å². The number of rotatable bonds is 6. The van der Waals surface area contributed by atoms with Crippen molar-refractivity contribution in [2.24, 2.45) is 0 Å². The number of hydrogen-bond acceptors (Lipinski definition) is 3. The highest BCUT2D eigenvalue weighted by atomic mass is 19.1. The summed E-state index contributed by atoms with van der Waals surface area (Å²) in [5.74, 6) is -0.289. The number of carbonyl (C=O) groups is 2. The first-order chi connectivity index (χ1) is 16.3. The maximum absolute atomic E-state index is 14.2. The normalized spacial score (nSPS) is 23.9. The van der Waals surface area contributed by atoms with Crippen LogP contribution in [0, 0.1) is 5.82 Å². The molecule has 34 heavy (non-hydrogen) atoms.